The molecular formula is C15H12ClN3O3. The molecule has 0 heterocycles. The summed E-state index contributed by atoms with van der Waals surface area (Å²) in [5.41, 5.74) is 1.08. The summed E-state index contributed by atoms with van der Waals surface area (Å²) in [4.78, 5) is 21.8. The standard InChI is InChI=1S/C15H12ClN3O3/c16-12-4-1-3-11(9-12)7-8-17-15(20)18-13-5-2-6-14(10-13)19(21)22/h1-10H,(H2,17,18,20)/b8-7+. The lowest BCUT2D eigenvalue weighted by Crippen LogP contribution is -2.23. The Kier molecular flexibility index (Phi) is 5.11. The van der Waals surface area contributed by atoms with Crippen molar-refractivity contribution in [3.05, 3.63) is 75.4 Å². The highest BCUT2D eigenvalue weighted by Crippen LogP contribution is 2.16. The minimum absolute atomic E-state index is 0.0905. The Hall–Kier alpha value is -2.86. The number of hydrogen-bond acceptors (Lipinski definition) is 3. The van der Waals surface area contributed by atoms with Gasteiger partial charge in [0.2, 0.25) is 0 Å². The Balaban J connectivity index is 1.93. The first-order valence-corrected chi connectivity index (χ1v) is 6.66. The van der Waals surface area contributed by atoms with Crippen LogP contribution in [0.4, 0.5) is 16.2 Å². The lowest BCUT2D eigenvalue weighted by molar-refractivity contribution is -0.384. The maximum absolute atomic E-state index is 11.7. The van der Waals surface area contributed by atoms with E-state index in [0.717, 1.165) is 5.56 Å². The number of benzene rings is 2. The molecule has 0 fully saturated rings. The van der Waals surface area contributed by atoms with Crippen molar-refractivity contribution in [1.82, 2.24) is 5.32 Å². The quantitative estimate of drug-likeness (QED) is 0.659. The van der Waals surface area contributed by atoms with Crippen LogP contribution < -0.4 is 10.6 Å². The van der Waals surface area contributed by atoms with Crippen LogP contribution in [0.1, 0.15) is 5.56 Å². The molecule has 7 heteroatoms. The maximum Gasteiger partial charge on any atom is 0.323 e. The molecule has 0 saturated heterocycles. The number of nitro groups is 1. The topological polar surface area (TPSA) is 84.3 Å². The molecule has 112 valence electrons. The normalized spacial score (nSPS) is 10.4. The molecule has 0 aromatic heterocycles. The molecule has 0 atom stereocenters. The number of non-ortho nitro benzene ring substituents is 1. The van der Waals surface area contributed by atoms with Gasteiger partial charge in [-0.1, -0.05) is 29.8 Å². The van der Waals surface area contributed by atoms with Crippen molar-refractivity contribution in [2.24, 2.45) is 0 Å². The Morgan fingerprint density at radius 3 is 2.68 bits per heavy atom. The van der Waals surface area contributed by atoms with Crippen molar-refractivity contribution >= 4 is 35.1 Å². The van der Waals surface area contributed by atoms with Crippen molar-refractivity contribution in [2.45, 2.75) is 0 Å². The lowest BCUT2D eigenvalue weighted by Gasteiger charge is -2.04. The summed E-state index contributed by atoms with van der Waals surface area (Å²) in [6.07, 6.45) is 3.14. The Morgan fingerprint density at radius 1 is 1.18 bits per heavy atom. The maximum atomic E-state index is 11.7. The number of carbonyl (C=O) groups is 1. The molecule has 0 unspecified atom stereocenters. The zero-order chi connectivity index (χ0) is 15.9. The first-order valence-electron chi connectivity index (χ1n) is 6.29. The number of nitrogens with zero attached hydrogens (tertiary/aromatic N) is 1. The van der Waals surface area contributed by atoms with Crippen LogP contribution >= 0.6 is 11.6 Å². The third-order valence-electron chi connectivity index (χ3n) is 2.65. The molecule has 0 aliphatic heterocycles. The van der Waals surface area contributed by atoms with Gasteiger partial charge in [-0.05, 0) is 29.8 Å². The molecule has 22 heavy (non-hydrogen) atoms. The zero-order valence-corrected chi connectivity index (χ0v) is 12.1. The Bertz CT molecular complexity index is 731. The predicted molar refractivity (Wildman–Crippen MR) is 85.7 cm³/mol. The Morgan fingerprint density at radius 2 is 1.95 bits per heavy atom. The van der Waals surface area contributed by atoms with Crippen molar-refractivity contribution in [3.63, 3.8) is 0 Å². The number of hydrogen-bond donors (Lipinski definition) is 2. The smallest absolute Gasteiger partial charge is 0.314 e. The van der Waals surface area contributed by atoms with Crippen LogP contribution in [0.15, 0.2) is 54.7 Å². The fourth-order valence-corrected chi connectivity index (χ4v) is 1.89. The van der Waals surface area contributed by atoms with Crippen LogP contribution in [0.25, 0.3) is 6.08 Å². The molecular weight excluding hydrogens is 306 g/mol. The average molecular weight is 318 g/mol. The van der Waals surface area contributed by atoms with Crippen LogP contribution in [0, 0.1) is 10.1 Å². The van der Waals surface area contributed by atoms with Crippen LogP contribution in [-0.2, 0) is 0 Å². The van der Waals surface area contributed by atoms with Crippen LogP contribution in [0.5, 0.6) is 0 Å². The third-order valence-corrected chi connectivity index (χ3v) is 2.89. The first-order chi connectivity index (χ1) is 10.5. The number of carbonyl (C=O) groups excluding carboxylic acids is 1. The summed E-state index contributed by atoms with van der Waals surface area (Å²) >= 11 is 5.85. The van der Waals surface area contributed by atoms with Crippen LogP contribution in [-0.4, -0.2) is 11.0 Å². The van der Waals surface area contributed by atoms with Gasteiger partial charge in [-0.25, -0.2) is 4.79 Å². The highest BCUT2D eigenvalue weighted by molar-refractivity contribution is 6.30. The fourth-order valence-electron chi connectivity index (χ4n) is 1.69. The van der Waals surface area contributed by atoms with Crippen molar-refractivity contribution in [3.8, 4) is 0 Å². The summed E-state index contributed by atoms with van der Waals surface area (Å²) in [7, 11) is 0. The summed E-state index contributed by atoms with van der Waals surface area (Å²) < 4.78 is 0. The monoisotopic (exact) mass is 317 g/mol. The van der Waals surface area contributed by atoms with E-state index in [-0.39, 0.29) is 5.69 Å². The van der Waals surface area contributed by atoms with Crippen molar-refractivity contribution < 1.29 is 9.72 Å². The van der Waals surface area contributed by atoms with E-state index in [1.807, 2.05) is 6.07 Å². The first kappa shape index (κ1) is 15.5. The Labute approximate surface area is 131 Å². The second kappa shape index (κ2) is 7.24. The second-order valence-corrected chi connectivity index (χ2v) is 4.73. The number of amides is 2. The summed E-state index contributed by atoms with van der Waals surface area (Å²) in [5, 5.41) is 16.3. The minimum Gasteiger partial charge on any atom is -0.314 e. The van der Waals surface area contributed by atoms with E-state index in [1.54, 1.807) is 30.3 Å². The van der Waals surface area contributed by atoms with Gasteiger partial charge in [-0.3, -0.25) is 10.1 Å². The SMILES string of the molecule is O=C(N/C=C/c1cccc(Cl)c1)Nc1cccc([N+](=O)[O-])c1. The lowest BCUT2D eigenvalue weighted by atomic mass is 10.2. The number of urea groups is 1. The molecule has 0 saturated carbocycles. The molecule has 2 rings (SSSR count). The predicted octanol–water partition coefficient (Wildman–Crippen LogP) is 4.04. The van der Waals surface area contributed by atoms with Gasteiger partial charge < -0.3 is 10.6 Å². The molecule has 2 N–H and O–H groups in total. The number of anilines is 1. The largest absolute Gasteiger partial charge is 0.323 e. The summed E-state index contributed by atoms with van der Waals surface area (Å²) in [5.74, 6) is 0. The molecule has 2 aromatic carbocycles. The van der Waals surface area contributed by atoms with Gasteiger partial charge in [0, 0.05) is 29.0 Å². The van der Waals surface area contributed by atoms with E-state index >= 15 is 0 Å². The van der Waals surface area contributed by atoms with Gasteiger partial charge in [-0.15, -0.1) is 0 Å². The van der Waals surface area contributed by atoms with E-state index in [0.29, 0.717) is 10.7 Å². The van der Waals surface area contributed by atoms with Gasteiger partial charge >= 0.3 is 6.03 Å². The van der Waals surface area contributed by atoms with E-state index < -0.39 is 11.0 Å². The third kappa shape index (κ3) is 4.60. The second-order valence-electron chi connectivity index (χ2n) is 4.29. The molecule has 0 spiro atoms. The van der Waals surface area contributed by atoms with Gasteiger partial charge in [0.1, 0.15) is 0 Å². The van der Waals surface area contributed by atoms with Crippen molar-refractivity contribution in [2.75, 3.05) is 5.32 Å². The molecule has 0 radical (unpaired) electrons. The highest BCUT2D eigenvalue weighted by Gasteiger charge is 2.07. The fraction of sp³-hybridized carbons (Fsp3) is 0. The molecule has 6 nitrogen and oxygen atoms in total. The van der Waals surface area contributed by atoms with Gasteiger partial charge in [-0.2, -0.15) is 0 Å². The van der Waals surface area contributed by atoms with Gasteiger partial charge in [0.25, 0.3) is 5.69 Å². The van der Waals surface area contributed by atoms with E-state index in [4.69, 9.17) is 11.6 Å². The number of nitro benzene ring substituents is 1. The van der Waals surface area contributed by atoms with Crippen LogP contribution in [0.3, 0.4) is 0 Å². The van der Waals surface area contributed by atoms with Gasteiger partial charge in [0.15, 0.2) is 0 Å². The summed E-state index contributed by atoms with van der Waals surface area (Å²) in [6.45, 7) is 0. The number of nitrogens with one attached hydrogen (secondary N) is 2. The number of rotatable bonds is 4. The average Bonchev–Trinajstić information content (AvgIpc) is 2.47. The van der Waals surface area contributed by atoms with Crippen LogP contribution in [0.2, 0.25) is 5.02 Å². The minimum atomic E-state index is -0.526. The molecule has 0 aliphatic carbocycles. The summed E-state index contributed by atoms with van der Waals surface area (Å²) in [6, 6.07) is 12.3. The van der Waals surface area contributed by atoms with Crippen molar-refractivity contribution in [1.29, 1.82) is 0 Å². The molecule has 2 amide bonds. The molecule has 0 bridgehead atoms. The highest BCUT2D eigenvalue weighted by atomic mass is 35.5. The molecule has 2 aromatic rings. The van der Waals surface area contributed by atoms with E-state index in [9.17, 15) is 14.9 Å². The number of halogens is 1. The van der Waals surface area contributed by atoms with E-state index in [2.05, 4.69) is 10.6 Å². The van der Waals surface area contributed by atoms with E-state index in [1.165, 1.54) is 24.4 Å². The van der Waals surface area contributed by atoms with Gasteiger partial charge in [0.05, 0.1) is 4.92 Å². The molecule has 0 aliphatic rings. The zero-order valence-electron chi connectivity index (χ0n) is 11.3.